The average Bonchev–Trinajstić information content (AvgIpc) is 3.13. The van der Waals surface area contributed by atoms with Gasteiger partial charge in [-0.25, -0.2) is 0 Å². The smallest absolute Gasteiger partial charge is 0.295 e. The van der Waals surface area contributed by atoms with E-state index in [0.29, 0.717) is 22.8 Å². The van der Waals surface area contributed by atoms with Crippen molar-refractivity contribution in [2.75, 3.05) is 21.3 Å². The van der Waals surface area contributed by atoms with Gasteiger partial charge in [-0.2, -0.15) is 0 Å². The lowest BCUT2D eigenvalue weighted by atomic mass is 9.95. The number of aliphatic hydroxyl groups excluding tert-OH is 1. The number of carbonyl (C=O) groups excluding carboxylic acids is 2. The number of hydrogen-bond donors (Lipinski definition) is 1. The molecule has 2 heterocycles. The fourth-order valence-corrected chi connectivity index (χ4v) is 4.09. The first-order chi connectivity index (χ1) is 16.5. The quantitative estimate of drug-likeness (QED) is 0.326. The summed E-state index contributed by atoms with van der Waals surface area (Å²) in [6, 6.07) is 14.7. The van der Waals surface area contributed by atoms with Gasteiger partial charge < -0.3 is 24.2 Å². The Bertz CT molecular complexity index is 1260. The number of aliphatic hydroxyl groups is 1. The minimum absolute atomic E-state index is 0.0561. The largest absolute Gasteiger partial charge is 0.507 e. The highest BCUT2D eigenvalue weighted by Gasteiger charge is 2.46. The van der Waals surface area contributed by atoms with E-state index in [4.69, 9.17) is 14.2 Å². The lowest BCUT2D eigenvalue weighted by Gasteiger charge is -2.26. The third-order valence-corrected chi connectivity index (χ3v) is 5.74. The van der Waals surface area contributed by atoms with Crippen molar-refractivity contribution >= 4 is 17.4 Å². The van der Waals surface area contributed by atoms with Crippen molar-refractivity contribution < 1.29 is 28.9 Å². The summed E-state index contributed by atoms with van der Waals surface area (Å²) in [7, 11) is 4.49. The number of hydrogen-bond acceptors (Lipinski definition) is 7. The van der Waals surface area contributed by atoms with E-state index in [0.717, 1.165) is 5.56 Å². The van der Waals surface area contributed by atoms with Crippen molar-refractivity contribution in [1.82, 2.24) is 9.88 Å². The van der Waals surface area contributed by atoms with E-state index in [9.17, 15) is 14.7 Å². The number of carbonyl (C=O) groups is 2. The van der Waals surface area contributed by atoms with E-state index in [2.05, 4.69) is 4.98 Å². The van der Waals surface area contributed by atoms with E-state index in [-0.39, 0.29) is 23.4 Å². The van der Waals surface area contributed by atoms with Crippen LogP contribution < -0.4 is 14.2 Å². The Morgan fingerprint density at radius 2 is 1.74 bits per heavy atom. The van der Waals surface area contributed by atoms with E-state index in [1.807, 2.05) is 18.2 Å². The fraction of sp³-hybridized carbons (Fsp3) is 0.192. The normalized spacial score (nSPS) is 17.0. The Kier molecular flexibility index (Phi) is 6.49. The molecule has 174 valence electrons. The van der Waals surface area contributed by atoms with Crippen molar-refractivity contribution in [2.24, 2.45) is 0 Å². The number of methoxy groups -OCH3 is 3. The minimum Gasteiger partial charge on any atom is -0.507 e. The van der Waals surface area contributed by atoms with Crippen molar-refractivity contribution in [2.45, 2.75) is 12.6 Å². The summed E-state index contributed by atoms with van der Waals surface area (Å²) in [6.45, 7) is 0.0974. The van der Waals surface area contributed by atoms with Crippen LogP contribution in [0.4, 0.5) is 0 Å². The molecule has 34 heavy (non-hydrogen) atoms. The summed E-state index contributed by atoms with van der Waals surface area (Å²) in [4.78, 5) is 32.1. The van der Waals surface area contributed by atoms with Gasteiger partial charge in [0.2, 0.25) is 0 Å². The van der Waals surface area contributed by atoms with E-state index in [1.54, 1.807) is 55.9 Å². The van der Waals surface area contributed by atoms with Gasteiger partial charge in [0.05, 0.1) is 45.1 Å². The molecule has 3 aromatic rings. The molecule has 1 aliphatic heterocycles. The van der Waals surface area contributed by atoms with Gasteiger partial charge in [-0.1, -0.05) is 24.3 Å². The number of para-hydroxylation sites is 1. The number of ketones is 1. The SMILES string of the molecule is COc1ccc(OC)c(/C(O)=C2\C(=O)C(=O)N(Cc3ccccc3OC)C2c2cccnc2)c1. The lowest BCUT2D eigenvalue weighted by Crippen LogP contribution is -2.29. The standard InChI is InChI=1S/C26H24N2O6/c1-32-18-10-11-21(34-3)19(13-18)24(29)22-23(16-8-6-12-27-14-16)28(26(31)25(22)30)15-17-7-4-5-9-20(17)33-2/h4-14,23,29H,15H2,1-3H3/b24-22+. The van der Waals surface area contributed by atoms with Crippen molar-refractivity contribution in [3.05, 3.63) is 89.3 Å². The Morgan fingerprint density at radius 1 is 0.971 bits per heavy atom. The molecule has 8 nitrogen and oxygen atoms in total. The number of likely N-dealkylation sites (tertiary alicyclic amines) is 1. The predicted molar refractivity (Wildman–Crippen MR) is 125 cm³/mol. The van der Waals surface area contributed by atoms with Crippen LogP contribution >= 0.6 is 0 Å². The van der Waals surface area contributed by atoms with Crippen LogP contribution in [-0.2, 0) is 16.1 Å². The molecule has 2 aromatic carbocycles. The molecule has 1 aromatic heterocycles. The Morgan fingerprint density at radius 3 is 2.41 bits per heavy atom. The number of Topliss-reactive ketones (excluding diaryl/α,β-unsaturated/α-hetero) is 1. The summed E-state index contributed by atoms with van der Waals surface area (Å²) in [5, 5.41) is 11.4. The van der Waals surface area contributed by atoms with Gasteiger partial charge >= 0.3 is 0 Å². The van der Waals surface area contributed by atoms with Crippen LogP contribution in [0.2, 0.25) is 0 Å². The number of benzene rings is 2. The van der Waals surface area contributed by atoms with Crippen LogP contribution in [0.3, 0.4) is 0 Å². The Balaban J connectivity index is 1.90. The van der Waals surface area contributed by atoms with Crippen LogP contribution in [0, 0.1) is 0 Å². The molecule has 1 fully saturated rings. The van der Waals surface area contributed by atoms with Crippen LogP contribution in [0.1, 0.15) is 22.7 Å². The first-order valence-corrected chi connectivity index (χ1v) is 10.5. The van der Waals surface area contributed by atoms with Gasteiger partial charge in [-0.15, -0.1) is 0 Å². The Hall–Kier alpha value is -4.33. The number of pyridine rings is 1. The van der Waals surface area contributed by atoms with Gasteiger partial charge in [0, 0.05) is 18.0 Å². The first kappa shape index (κ1) is 22.8. The van der Waals surface area contributed by atoms with Gasteiger partial charge in [0.15, 0.2) is 0 Å². The number of aromatic nitrogens is 1. The summed E-state index contributed by atoms with van der Waals surface area (Å²) in [5.74, 6) is -0.508. The molecule has 0 spiro atoms. The molecule has 1 N–H and O–H groups in total. The van der Waals surface area contributed by atoms with Gasteiger partial charge in [0.25, 0.3) is 11.7 Å². The minimum atomic E-state index is -0.866. The predicted octanol–water partition coefficient (Wildman–Crippen LogP) is 3.73. The molecular formula is C26H24N2O6. The van der Waals surface area contributed by atoms with E-state index < -0.39 is 17.7 Å². The number of amides is 1. The zero-order valence-electron chi connectivity index (χ0n) is 19.0. The summed E-state index contributed by atoms with van der Waals surface area (Å²) < 4.78 is 16.1. The number of nitrogens with zero attached hydrogens (tertiary/aromatic N) is 2. The van der Waals surface area contributed by atoms with Crippen LogP contribution in [0.5, 0.6) is 17.2 Å². The molecule has 8 heteroatoms. The molecule has 1 atom stereocenters. The van der Waals surface area contributed by atoms with Crippen molar-refractivity contribution in [3.8, 4) is 17.2 Å². The van der Waals surface area contributed by atoms with E-state index >= 15 is 0 Å². The highest BCUT2D eigenvalue weighted by atomic mass is 16.5. The summed E-state index contributed by atoms with van der Waals surface area (Å²) >= 11 is 0. The molecule has 0 bridgehead atoms. The molecule has 0 saturated carbocycles. The summed E-state index contributed by atoms with van der Waals surface area (Å²) in [6.07, 6.45) is 3.17. The molecule has 0 aliphatic carbocycles. The molecule has 1 unspecified atom stereocenters. The zero-order chi connectivity index (χ0) is 24.2. The van der Waals surface area contributed by atoms with Crippen molar-refractivity contribution in [1.29, 1.82) is 0 Å². The maximum atomic E-state index is 13.3. The van der Waals surface area contributed by atoms with Crippen LogP contribution in [0.15, 0.2) is 72.6 Å². The van der Waals surface area contributed by atoms with Crippen LogP contribution in [-0.4, -0.2) is 48.0 Å². The average molecular weight is 460 g/mol. The van der Waals surface area contributed by atoms with Gasteiger partial charge in [-0.05, 0) is 35.9 Å². The highest BCUT2D eigenvalue weighted by molar-refractivity contribution is 6.46. The van der Waals surface area contributed by atoms with Crippen molar-refractivity contribution in [3.63, 3.8) is 0 Å². The molecule has 1 saturated heterocycles. The molecule has 1 amide bonds. The van der Waals surface area contributed by atoms with Crippen LogP contribution in [0.25, 0.3) is 5.76 Å². The third-order valence-electron chi connectivity index (χ3n) is 5.74. The topological polar surface area (TPSA) is 98.2 Å². The third kappa shape index (κ3) is 4.05. The second-order valence-corrected chi connectivity index (χ2v) is 7.59. The number of ether oxygens (including phenoxy) is 3. The second kappa shape index (κ2) is 9.66. The lowest BCUT2D eigenvalue weighted by molar-refractivity contribution is -0.140. The highest BCUT2D eigenvalue weighted by Crippen LogP contribution is 2.42. The molecule has 1 aliphatic rings. The molecular weight excluding hydrogens is 436 g/mol. The monoisotopic (exact) mass is 460 g/mol. The maximum Gasteiger partial charge on any atom is 0.295 e. The Labute approximate surface area is 197 Å². The summed E-state index contributed by atoms with van der Waals surface area (Å²) in [5.41, 5.74) is 1.49. The number of rotatable bonds is 7. The fourth-order valence-electron chi connectivity index (χ4n) is 4.09. The maximum absolute atomic E-state index is 13.3. The first-order valence-electron chi connectivity index (χ1n) is 10.5. The second-order valence-electron chi connectivity index (χ2n) is 7.59. The molecule has 4 rings (SSSR count). The van der Waals surface area contributed by atoms with E-state index in [1.165, 1.54) is 19.1 Å². The zero-order valence-corrected chi connectivity index (χ0v) is 19.0. The van der Waals surface area contributed by atoms with Gasteiger partial charge in [0.1, 0.15) is 23.0 Å². The molecule has 0 radical (unpaired) electrons. The van der Waals surface area contributed by atoms with Gasteiger partial charge in [-0.3, -0.25) is 14.6 Å².